The van der Waals surface area contributed by atoms with Gasteiger partial charge in [-0.15, -0.1) is 0 Å². The summed E-state index contributed by atoms with van der Waals surface area (Å²) in [7, 11) is 0. The normalized spacial score (nSPS) is 47.1. The molecule has 2 nitrogen and oxygen atoms in total. The van der Waals surface area contributed by atoms with Gasteiger partial charge in [-0.25, -0.2) is 0 Å². The third-order valence-electron chi connectivity index (χ3n) is 4.20. The molecule has 2 bridgehead atoms. The van der Waals surface area contributed by atoms with Crippen LogP contribution in [0.15, 0.2) is 0 Å². The fourth-order valence-electron chi connectivity index (χ4n) is 3.46. The first-order valence-electron chi connectivity index (χ1n) is 5.29. The summed E-state index contributed by atoms with van der Waals surface area (Å²) in [5, 5.41) is 9.05. The Kier molecular flexibility index (Phi) is 1.97. The van der Waals surface area contributed by atoms with Crippen molar-refractivity contribution in [1.29, 1.82) is 0 Å². The average molecular weight is 184 g/mol. The first-order valence-corrected chi connectivity index (χ1v) is 5.29. The zero-order chi connectivity index (χ0) is 9.69. The summed E-state index contributed by atoms with van der Waals surface area (Å²) in [5.74, 6) is 0.531. The molecular weight excluding hydrogens is 164 g/mol. The standard InChI is InChI=1S/C11H20O2/c1-10(2)8(5-7-12)11(3)6-4-9(10)13-11/h8-9,12H,4-7H2,1-3H3/t8-,9-,11+/m0/s1. The largest absolute Gasteiger partial charge is 0.396 e. The van der Waals surface area contributed by atoms with Crippen LogP contribution in [-0.2, 0) is 4.74 Å². The number of rotatable bonds is 2. The van der Waals surface area contributed by atoms with Crippen LogP contribution in [0.3, 0.4) is 0 Å². The van der Waals surface area contributed by atoms with Gasteiger partial charge in [0.2, 0.25) is 0 Å². The molecule has 2 aliphatic rings. The molecule has 76 valence electrons. The molecule has 2 heteroatoms. The zero-order valence-electron chi connectivity index (χ0n) is 8.84. The molecule has 2 saturated heterocycles. The van der Waals surface area contributed by atoms with Crippen molar-refractivity contribution in [2.75, 3.05) is 6.61 Å². The van der Waals surface area contributed by atoms with Gasteiger partial charge in [0.1, 0.15) is 0 Å². The summed E-state index contributed by atoms with van der Waals surface area (Å²) >= 11 is 0. The van der Waals surface area contributed by atoms with E-state index < -0.39 is 0 Å². The Balaban J connectivity index is 2.23. The predicted molar refractivity (Wildman–Crippen MR) is 51.5 cm³/mol. The number of fused-ring (bicyclic) bond motifs is 2. The van der Waals surface area contributed by atoms with Crippen LogP contribution in [0.4, 0.5) is 0 Å². The molecule has 0 radical (unpaired) electrons. The molecule has 13 heavy (non-hydrogen) atoms. The highest BCUT2D eigenvalue weighted by atomic mass is 16.5. The highest BCUT2D eigenvalue weighted by Gasteiger charge is 2.60. The minimum atomic E-state index is 0.0525. The second kappa shape index (κ2) is 2.71. The third-order valence-corrected chi connectivity index (χ3v) is 4.20. The van der Waals surface area contributed by atoms with Gasteiger partial charge in [-0.3, -0.25) is 0 Å². The highest BCUT2D eigenvalue weighted by Crippen LogP contribution is 2.58. The number of ether oxygens (including phenoxy) is 1. The molecule has 3 atom stereocenters. The fourth-order valence-corrected chi connectivity index (χ4v) is 3.46. The second-order valence-corrected chi connectivity index (χ2v) is 5.34. The van der Waals surface area contributed by atoms with Crippen molar-refractivity contribution in [3.8, 4) is 0 Å². The van der Waals surface area contributed by atoms with Gasteiger partial charge in [0.25, 0.3) is 0 Å². The summed E-state index contributed by atoms with van der Waals surface area (Å²) in [6.45, 7) is 7.06. The van der Waals surface area contributed by atoms with Crippen LogP contribution in [0.5, 0.6) is 0 Å². The van der Waals surface area contributed by atoms with Crippen LogP contribution in [0.1, 0.15) is 40.0 Å². The van der Waals surface area contributed by atoms with Crippen molar-refractivity contribution in [3.05, 3.63) is 0 Å². The highest BCUT2D eigenvalue weighted by molar-refractivity contribution is 5.08. The molecule has 2 aliphatic heterocycles. The minimum absolute atomic E-state index is 0.0525. The molecule has 2 fully saturated rings. The third kappa shape index (κ3) is 1.15. The fraction of sp³-hybridized carbons (Fsp3) is 1.00. The lowest BCUT2D eigenvalue weighted by Gasteiger charge is -2.39. The molecule has 2 heterocycles. The van der Waals surface area contributed by atoms with Crippen molar-refractivity contribution in [3.63, 3.8) is 0 Å². The number of hydrogen-bond acceptors (Lipinski definition) is 2. The molecule has 0 aliphatic carbocycles. The predicted octanol–water partition coefficient (Wildman–Crippen LogP) is 1.96. The van der Waals surface area contributed by atoms with Crippen LogP contribution in [0.25, 0.3) is 0 Å². The SMILES string of the molecule is CC1(C)[C@@H]2CC[C@@](C)(O2)[C@H]1CCO. The first kappa shape index (κ1) is 9.47. The van der Waals surface area contributed by atoms with Gasteiger partial charge in [0.05, 0.1) is 11.7 Å². The van der Waals surface area contributed by atoms with Crippen molar-refractivity contribution >= 4 is 0 Å². The van der Waals surface area contributed by atoms with Gasteiger partial charge < -0.3 is 9.84 Å². The van der Waals surface area contributed by atoms with E-state index in [-0.39, 0.29) is 11.0 Å². The van der Waals surface area contributed by atoms with Crippen molar-refractivity contribution in [2.45, 2.75) is 51.7 Å². The quantitative estimate of drug-likeness (QED) is 0.711. The van der Waals surface area contributed by atoms with Gasteiger partial charge >= 0.3 is 0 Å². The Morgan fingerprint density at radius 1 is 1.38 bits per heavy atom. The number of hydrogen-bond donors (Lipinski definition) is 1. The van der Waals surface area contributed by atoms with Crippen molar-refractivity contribution in [1.82, 2.24) is 0 Å². The second-order valence-electron chi connectivity index (χ2n) is 5.34. The molecular formula is C11H20O2. The van der Waals surface area contributed by atoms with Gasteiger partial charge in [0.15, 0.2) is 0 Å². The van der Waals surface area contributed by atoms with Crippen molar-refractivity contribution in [2.24, 2.45) is 11.3 Å². The van der Waals surface area contributed by atoms with Gasteiger partial charge in [0, 0.05) is 6.61 Å². The summed E-state index contributed by atoms with van der Waals surface area (Å²) in [6, 6.07) is 0. The van der Waals surface area contributed by atoms with E-state index in [1.165, 1.54) is 12.8 Å². The Labute approximate surface area is 80.3 Å². The lowest BCUT2D eigenvalue weighted by atomic mass is 9.63. The van der Waals surface area contributed by atoms with Crippen LogP contribution in [0.2, 0.25) is 0 Å². The van der Waals surface area contributed by atoms with E-state index in [9.17, 15) is 0 Å². The number of aliphatic hydroxyl groups is 1. The van der Waals surface area contributed by atoms with E-state index >= 15 is 0 Å². The van der Waals surface area contributed by atoms with Crippen molar-refractivity contribution < 1.29 is 9.84 Å². The molecule has 0 aromatic heterocycles. The van der Waals surface area contributed by atoms with E-state index in [0.29, 0.717) is 18.6 Å². The monoisotopic (exact) mass is 184 g/mol. The smallest absolute Gasteiger partial charge is 0.0694 e. The summed E-state index contributed by atoms with van der Waals surface area (Å²) in [4.78, 5) is 0. The van der Waals surface area contributed by atoms with E-state index in [1.807, 2.05) is 0 Å². The molecule has 0 amide bonds. The molecule has 0 unspecified atom stereocenters. The maximum atomic E-state index is 9.05. The molecule has 2 rings (SSSR count). The molecule has 0 spiro atoms. The van der Waals surface area contributed by atoms with E-state index in [1.54, 1.807) is 0 Å². The lowest BCUT2D eigenvalue weighted by Crippen LogP contribution is -2.40. The zero-order valence-corrected chi connectivity index (χ0v) is 8.84. The maximum Gasteiger partial charge on any atom is 0.0694 e. The maximum absolute atomic E-state index is 9.05. The lowest BCUT2D eigenvalue weighted by molar-refractivity contribution is 0.00192. The molecule has 0 saturated carbocycles. The first-order chi connectivity index (χ1) is 6.00. The van der Waals surface area contributed by atoms with Crippen LogP contribution in [0, 0.1) is 11.3 Å². The minimum Gasteiger partial charge on any atom is -0.396 e. The molecule has 1 N–H and O–H groups in total. The van der Waals surface area contributed by atoms with Crippen LogP contribution < -0.4 is 0 Å². The van der Waals surface area contributed by atoms with Crippen LogP contribution >= 0.6 is 0 Å². The van der Waals surface area contributed by atoms with E-state index in [2.05, 4.69) is 20.8 Å². The summed E-state index contributed by atoms with van der Waals surface area (Å²) in [5.41, 5.74) is 0.312. The van der Waals surface area contributed by atoms with E-state index in [4.69, 9.17) is 9.84 Å². The van der Waals surface area contributed by atoms with Crippen LogP contribution in [-0.4, -0.2) is 23.4 Å². The number of aliphatic hydroxyl groups excluding tert-OH is 1. The Bertz CT molecular complexity index is 207. The van der Waals surface area contributed by atoms with Gasteiger partial charge in [-0.05, 0) is 37.5 Å². The Hall–Kier alpha value is -0.0800. The molecule has 0 aromatic rings. The van der Waals surface area contributed by atoms with Gasteiger partial charge in [-0.1, -0.05) is 13.8 Å². The summed E-state index contributed by atoms with van der Waals surface area (Å²) < 4.78 is 6.03. The molecule has 0 aromatic carbocycles. The Morgan fingerprint density at radius 3 is 2.54 bits per heavy atom. The van der Waals surface area contributed by atoms with Gasteiger partial charge in [-0.2, -0.15) is 0 Å². The topological polar surface area (TPSA) is 29.5 Å². The average Bonchev–Trinajstić information content (AvgIpc) is 2.50. The summed E-state index contributed by atoms with van der Waals surface area (Å²) in [6.07, 6.45) is 3.69. The Morgan fingerprint density at radius 2 is 2.08 bits per heavy atom. The van der Waals surface area contributed by atoms with E-state index in [0.717, 1.165) is 6.42 Å².